The smallest absolute Gasteiger partial charge is 0.258 e. The van der Waals surface area contributed by atoms with Crippen LogP contribution in [-0.4, -0.2) is 50.9 Å². The van der Waals surface area contributed by atoms with Crippen molar-refractivity contribution in [3.05, 3.63) is 76.4 Å². The van der Waals surface area contributed by atoms with Crippen LogP contribution in [0.15, 0.2) is 42.7 Å². The molecule has 7 nitrogen and oxygen atoms in total. The Hall–Kier alpha value is -3.03. The third-order valence-electron chi connectivity index (χ3n) is 9.36. The molecule has 5 heterocycles. The maximum atomic E-state index is 13.7. The molecule has 0 radical (unpaired) electrons. The fourth-order valence-corrected chi connectivity index (χ4v) is 7.15. The molecule has 4 aliphatic heterocycles. The van der Waals surface area contributed by atoms with Crippen molar-refractivity contribution >= 4 is 11.6 Å². The number of hydrogen-bond donors (Lipinski definition) is 0. The predicted octanol–water partition coefficient (Wildman–Crippen LogP) is 4.31. The van der Waals surface area contributed by atoms with E-state index in [-0.39, 0.29) is 11.3 Å². The van der Waals surface area contributed by atoms with Crippen molar-refractivity contribution in [3.63, 3.8) is 0 Å². The molecule has 1 aromatic heterocycles. The van der Waals surface area contributed by atoms with Gasteiger partial charge in [0, 0.05) is 48.8 Å². The van der Waals surface area contributed by atoms with E-state index in [1.807, 2.05) is 16.5 Å². The van der Waals surface area contributed by atoms with Crippen LogP contribution in [0.3, 0.4) is 0 Å². The highest BCUT2D eigenvalue weighted by atomic mass is 16.5. The zero-order chi connectivity index (χ0) is 25.1. The van der Waals surface area contributed by atoms with E-state index in [0.29, 0.717) is 19.8 Å². The maximum Gasteiger partial charge on any atom is 0.258 e. The van der Waals surface area contributed by atoms with E-state index in [2.05, 4.69) is 58.4 Å². The Morgan fingerprint density at radius 2 is 1.89 bits per heavy atom. The lowest BCUT2D eigenvalue weighted by Crippen LogP contribution is -2.49. The van der Waals surface area contributed by atoms with Gasteiger partial charge in [0.1, 0.15) is 12.2 Å². The van der Waals surface area contributed by atoms with Crippen LogP contribution in [0.4, 0.5) is 5.69 Å². The zero-order valence-electron chi connectivity index (χ0n) is 21.8. The van der Waals surface area contributed by atoms with Crippen molar-refractivity contribution in [1.82, 2.24) is 19.7 Å². The van der Waals surface area contributed by atoms with E-state index in [4.69, 9.17) is 4.74 Å². The number of rotatable bonds is 6. The lowest BCUT2D eigenvalue weighted by molar-refractivity contribution is -0.0611. The first kappa shape index (κ1) is 23.1. The van der Waals surface area contributed by atoms with E-state index in [0.717, 1.165) is 42.1 Å². The van der Waals surface area contributed by atoms with Crippen molar-refractivity contribution in [2.75, 3.05) is 18.1 Å². The highest BCUT2D eigenvalue weighted by molar-refractivity contribution is 6.10. The van der Waals surface area contributed by atoms with Gasteiger partial charge >= 0.3 is 0 Å². The van der Waals surface area contributed by atoms with Crippen LogP contribution >= 0.6 is 0 Å². The second-order valence-electron chi connectivity index (χ2n) is 11.7. The number of carbonyl (C=O) groups excluding carboxylic acids is 1. The van der Waals surface area contributed by atoms with Gasteiger partial charge < -0.3 is 14.2 Å². The quantitative estimate of drug-likeness (QED) is 0.508. The number of carbonyl (C=O) groups is 1. The van der Waals surface area contributed by atoms with Crippen molar-refractivity contribution in [1.29, 1.82) is 0 Å². The summed E-state index contributed by atoms with van der Waals surface area (Å²) in [6.45, 7) is 5.07. The van der Waals surface area contributed by atoms with Gasteiger partial charge in [0.2, 0.25) is 0 Å². The molecule has 2 bridgehead atoms. The summed E-state index contributed by atoms with van der Waals surface area (Å²) in [7, 11) is 1.98. The Morgan fingerprint density at radius 1 is 1.08 bits per heavy atom. The Bertz CT molecular complexity index is 1340. The average Bonchev–Trinajstić information content (AvgIpc) is 3.49. The lowest BCUT2D eigenvalue weighted by Gasteiger charge is -2.42. The Kier molecular flexibility index (Phi) is 5.48. The van der Waals surface area contributed by atoms with Gasteiger partial charge in [-0.05, 0) is 73.1 Å². The summed E-state index contributed by atoms with van der Waals surface area (Å²) in [6, 6.07) is 14.4. The minimum Gasteiger partial charge on any atom is -0.379 e. The number of anilines is 1. The maximum absolute atomic E-state index is 13.7. The van der Waals surface area contributed by atoms with Gasteiger partial charge in [0.25, 0.3) is 5.91 Å². The molecular weight excluding hydrogens is 462 g/mol. The van der Waals surface area contributed by atoms with Crippen LogP contribution < -0.4 is 4.90 Å². The van der Waals surface area contributed by atoms with Crippen molar-refractivity contribution in [3.8, 4) is 0 Å². The van der Waals surface area contributed by atoms with Gasteiger partial charge in [-0.25, -0.2) is 0 Å². The molecule has 2 aromatic carbocycles. The van der Waals surface area contributed by atoms with Crippen LogP contribution in [0.1, 0.15) is 70.5 Å². The number of aromatic nitrogens is 3. The Morgan fingerprint density at radius 3 is 2.59 bits per heavy atom. The molecule has 192 valence electrons. The van der Waals surface area contributed by atoms with Crippen molar-refractivity contribution in [2.45, 2.75) is 76.0 Å². The fourth-order valence-electron chi connectivity index (χ4n) is 7.15. The van der Waals surface area contributed by atoms with Gasteiger partial charge in [-0.2, -0.15) is 0 Å². The molecule has 7 rings (SSSR count). The molecular formula is C30H35N5O2. The first-order valence-electron chi connectivity index (χ1n) is 13.7. The number of ether oxygens (including phenoxy) is 1. The first-order chi connectivity index (χ1) is 18.0. The van der Waals surface area contributed by atoms with Crippen LogP contribution in [-0.2, 0) is 36.7 Å². The van der Waals surface area contributed by atoms with Gasteiger partial charge in [-0.1, -0.05) is 24.6 Å². The van der Waals surface area contributed by atoms with Crippen molar-refractivity contribution < 1.29 is 9.53 Å². The minimum atomic E-state index is -0.136. The van der Waals surface area contributed by atoms with E-state index in [1.165, 1.54) is 54.4 Å². The van der Waals surface area contributed by atoms with E-state index in [1.54, 1.807) is 6.33 Å². The summed E-state index contributed by atoms with van der Waals surface area (Å²) >= 11 is 0. The Labute approximate surface area is 218 Å². The zero-order valence-corrected chi connectivity index (χ0v) is 21.8. The Balaban J connectivity index is 1.15. The number of aryl methyl sites for hydroxylation is 2. The molecule has 2 atom stereocenters. The number of benzene rings is 2. The predicted molar refractivity (Wildman–Crippen MR) is 142 cm³/mol. The molecule has 1 amide bonds. The van der Waals surface area contributed by atoms with Crippen LogP contribution in [0.2, 0.25) is 0 Å². The topological polar surface area (TPSA) is 63.5 Å². The lowest BCUT2D eigenvalue weighted by atomic mass is 9.75. The molecule has 37 heavy (non-hydrogen) atoms. The highest BCUT2D eigenvalue weighted by Crippen LogP contribution is 2.40. The number of amides is 1. The largest absolute Gasteiger partial charge is 0.379 e. The van der Waals surface area contributed by atoms with E-state index >= 15 is 0 Å². The highest BCUT2D eigenvalue weighted by Gasteiger charge is 2.42. The molecule has 4 aliphatic rings. The fraction of sp³-hybridized carbons (Fsp3) is 0.500. The number of hydrogen-bond acceptors (Lipinski definition) is 5. The molecule has 0 N–H and O–H groups in total. The number of piperidine rings is 1. The molecule has 0 spiro atoms. The summed E-state index contributed by atoms with van der Waals surface area (Å²) < 4.78 is 7.66. The number of nitrogens with zero attached hydrogens (tertiary/aromatic N) is 5. The average molecular weight is 498 g/mol. The third-order valence-corrected chi connectivity index (χ3v) is 9.36. The second kappa shape index (κ2) is 8.77. The summed E-state index contributed by atoms with van der Waals surface area (Å²) in [6.07, 6.45) is 9.20. The summed E-state index contributed by atoms with van der Waals surface area (Å²) in [5, 5.41) is 8.36. The van der Waals surface area contributed by atoms with Gasteiger partial charge in [-0.3, -0.25) is 9.69 Å². The first-order valence-corrected chi connectivity index (χ1v) is 13.7. The molecule has 3 aromatic rings. The minimum absolute atomic E-state index is 0.117. The molecule has 0 aliphatic carbocycles. The molecule has 7 heteroatoms. The van der Waals surface area contributed by atoms with Crippen LogP contribution in [0, 0.1) is 6.92 Å². The molecule has 0 saturated carbocycles. The van der Waals surface area contributed by atoms with Gasteiger partial charge in [0.15, 0.2) is 0 Å². The van der Waals surface area contributed by atoms with Gasteiger partial charge in [-0.15, -0.1) is 10.2 Å². The van der Waals surface area contributed by atoms with Crippen LogP contribution in [0.25, 0.3) is 0 Å². The molecule has 3 fully saturated rings. The van der Waals surface area contributed by atoms with Crippen molar-refractivity contribution in [2.24, 2.45) is 7.05 Å². The summed E-state index contributed by atoms with van der Waals surface area (Å²) in [4.78, 5) is 18.4. The van der Waals surface area contributed by atoms with E-state index < -0.39 is 0 Å². The second-order valence-corrected chi connectivity index (χ2v) is 11.7. The normalized spacial score (nSPS) is 24.4. The van der Waals surface area contributed by atoms with Gasteiger partial charge in [0.05, 0.1) is 19.8 Å². The summed E-state index contributed by atoms with van der Waals surface area (Å²) in [5.41, 5.74) is 6.58. The molecule has 2 unspecified atom stereocenters. The SMILES string of the molecule is Cc1cc(CN2C3CCCC2CC3)cc2c1CN(c1cccc(C3(Cc4nncn4C)COC3)c1)C2=O. The monoisotopic (exact) mass is 497 g/mol. The van der Waals surface area contributed by atoms with E-state index in [9.17, 15) is 4.79 Å². The number of fused-ring (bicyclic) bond motifs is 3. The summed E-state index contributed by atoms with van der Waals surface area (Å²) in [5.74, 6) is 1.06. The van der Waals surface area contributed by atoms with Crippen LogP contribution in [0.5, 0.6) is 0 Å². The molecule has 3 saturated heterocycles. The third kappa shape index (κ3) is 3.82. The standard InChI is InChI=1S/C30H35N5O2/c1-20-11-21(15-34-23-6-4-7-24(34)10-9-23)12-26-27(20)16-35(29(26)36)25-8-3-5-22(13-25)30(17-37-18-30)14-28-32-31-19-33(28)2/h3,5,8,11-13,19,23-24H,4,6-7,9-10,14-18H2,1-2H3.